The highest BCUT2D eigenvalue weighted by atomic mass is 19.1. The van der Waals surface area contributed by atoms with Crippen LogP contribution in [0.5, 0.6) is 0 Å². The average Bonchev–Trinajstić information content (AvgIpc) is 3.73. The van der Waals surface area contributed by atoms with Crippen LogP contribution in [-0.4, -0.2) is 40.2 Å². The van der Waals surface area contributed by atoms with E-state index in [2.05, 4.69) is 37.8 Å². The number of imidazole rings is 1. The van der Waals surface area contributed by atoms with Crippen molar-refractivity contribution in [1.82, 2.24) is 34.3 Å². The highest BCUT2D eigenvalue weighted by Crippen LogP contribution is 2.32. The van der Waals surface area contributed by atoms with Crippen molar-refractivity contribution in [2.75, 3.05) is 5.73 Å². The third-order valence-electron chi connectivity index (χ3n) is 6.66. The molecule has 0 atom stereocenters. The van der Waals surface area contributed by atoms with Gasteiger partial charge in [-0.2, -0.15) is 9.49 Å². The number of anilines is 1. The number of rotatable bonds is 4. The van der Waals surface area contributed by atoms with Crippen LogP contribution in [0, 0.1) is 5.95 Å². The number of nitrogens with two attached hydrogens (primary N) is 2. The predicted molar refractivity (Wildman–Crippen MR) is 148 cm³/mol. The SMILES string of the molecule is NC(=O)c1ccnc(F)c1.Nc1ncccc1-c1nc2ccc(-n3cccn3)nc2n1-c1ccc2c(c1)CCC2. The first-order valence-electron chi connectivity index (χ1n) is 12.6. The number of benzene rings is 1. The number of amides is 1. The molecule has 5 aromatic heterocycles. The van der Waals surface area contributed by atoms with Gasteiger partial charge in [0.15, 0.2) is 17.3 Å². The second-order valence-electron chi connectivity index (χ2n) is 9.21. The van der Waals surface area contributed by atoms with Crippen molar-refractivity contribution < 1.29 is 9.18 Å². The summed E-state index contributed by atoms with van der Waals surface area (Å²) in [5.74, 6) is 0.569. The Kier molecular flexibility index (Phi) is 6.44. The van der Waals surface area contributed by atoms with Crippen molar-refractivity contribution in [3.8, 4) is 22.9 Å². The largest absolute Gasteiger partial charge is 0.383 e. The van der Waals surface area contributed by atoms with E-state index in [-0.39, 0.29) is 5.56 Å². The summed E-state index contributed by atoms with van der Waals surface area (Å²) >= 11 is 0. The van der Waals surface area contributed by atoms with Crippen LogP contribution >= 0.6 is 0 Å². The lowest BCUT2D eigenvalue weighted by atomic mass is 10.1. The molecule has 11 heteroatoms. The lowest BCUT2D eigenvalue weighted by molar-refractivity contribution is 0.0999. The highest BCUT2D eigenvalue weighted by Gasteiger charge is 2.20. The quantitative estimate of drug-likeness (QED) is 0.325. The number of carbonyl (C=O) groups excluding carboxylic acids is 1. The van der Waals surface area contributed by atoms with Crippen molar-refractivity contribution in [3.63, 3.8) is 0 Å². The zero-order chi connectivity index (χ0) is 27.6. The standard InChI is InChI=1S/C23H19N7.C6H5FN2O/c24-21-18(6-2-11-25-21)22-27-19-9-10-20(29-13-3-12-26-29)28-23(19)30(22)17-8-7-15-4-1-5-16(15)14-17;7-5-3-4(6(8)10)1-2-9-5/h2-3,6-14H,1,4-5H2,(H2,24,25);1-3H,(H2,8,10). The normalized spacial score (nSPS) is 12.1. The minimum atomic E-state index is -0.698. The molecule has 0 fully saturated rings. The van der Waals surface area contributed by atoms with Crippen LogP contribution in [0.15, 0.2) is 85.5 Å². The summed E-state index contributed by atoms with van der Waals surface area (Å²) in [6, 6.07) is 18.6. The van der Waals surface area contributed by atoms with Gasteiger partial charge in [-0.15, -0.1) is 0 Å². The molecule has 4 N–H and O–H groups in total. The number of primary amides is 1. The van der Waals surface area contributed by atoms with Crippen molar-refractivity contribution in [2.45, 2.75) is 19.3 Å². The number of carbonyl (C=O) groups is 1. The zero-order valence-electron chi connectivity index (χ0n) is 21.3. The van der Waals surface area contributed by atoms with Crippen LogP contribution in [0.1, 0.15) is 27.9 Å². The number of nitrogen functional groups attached to an aromatic ring is 1. The first-order valence-corrected chi connectivity index (χ1v) is 12.6. The summed E-state index contributed by atoms with van der Waals surface area (Å²) in [7, 11) is 0. The van der Waals surface area contributed by atoms with Gasteiger partial charge < -0.3 is 11.5 Å². The lowest BCUT2D eigenvalue weighted by Crippen LogP contribution is -2.11. The minimum Gasteiger partial charge on any atom is -0.383 e. The molecule has 0 saturated heterocycles. The second kappa shape index (κ2) is 10.4. The molecule has 40 heavy (non-hydrogen) atoms. The van der Waals surface area contributed by atoms with Gasteiger partial charge >= 0.3 is 0 Å². The Hall–Kier alpha value is -5.45. The zero-order valence-corrected chi connectivity index (χ0v) is 21.3. The first kappa shape index (κ1) is 24.9. The molecular weight excluding hydrogens is 509 g/mol. The van der Waals surface area contributed by atoms with E-state index in [9.17, 15) is 9.18 Å². The Morgan fingerprint density at radius 1 is 0.900 bits per heavy atom. The lowest BCUT2D eigenvalue weighted by Gasteiger charge is -2.12. The Labute approximate surface area is 228 Å². The van der Waals surface area contributed by atoms with Crippen LogP contribution in [0.2, 0.25) is 0 Å². The van der Waals surface area contributed by atoms with Crippen LogP contribution in [0.25, 0.3) is 34.1 Å². The number of pyridine rings is 3. The van der Waals surface area contributed by atoms with Gasteiger partial charge in [0.05, 0.1) is 5.56 Å². The summed E-state index contributed by atoms with van der Waals surface area (Å²) < 4.78 is 16.0. The molecule has 1 aliphatic rings. The monoisotopic (exact) mass is 533 g/mol. The number of fused-ring (bicyclic) bond motifs is 2. The summed E-state index contributed by atoms with van der Waals surface area (Å²) in [4.78, 5) is 27.7. The molecule has 1 amide bonds. The average molecular weight is 534 g/mol. The Bertz CT molecular complexity index is 1850. The van der Waals surface area contributed by atoms with E-state index in [0.717, 1.165) is 53.0 Å². The molecule has 198 valence electrons. The smallest absolute Gasteiger partial charge is 0.248 e. The van der Waals surface area contributed by atoms with E-state index in [0.29, 0.717) is 5.82 Å². The highest BCUT2D eigenvalue weighted by molar-refractivity contribution is 5.92. The van der Waals surface area contributed by atoms with Crippen molar-refractivity contribution in [2.24, 2.45) is 5.73 Å². The fourth-order valence-electron chi connectivity index (χ4n) is 4.76. The number of aryl methyl sites for hydroxylation is 2. The van der Waals surface area contributed by atoms with Gasteiger partial charge in [0.1, 0.15) is 11.3 Å². The molecule has 0 bridgehead atoms. The topological polar surface area (TPSA) is 143 Å². The summed E-state index contributed by atoms with van der Waals surface area (Å²) in [6.45, 7) is 0. The van der Waals surface area contributed by atoms with Crippen molar-refractivity contribution in [3.05, 3.63) is 108 Å². The molecule has 7 rings (SSSR count). The molecule has 0 spiro atoms. The van der Waals surface area contributed by atoms with Gasteiger partial charge in [-0.3, -0.25) is 9.36 Å². The maximum absolute atomic E-state index is 12.2. The molecule has 0 radical (unpaired) electrons. The van der Waals surface area contributed by atoms with E-state index in [1.807, 2.05) is 36.5 Å². The van der Waals surface area contributed by atoms with Gasteiger partial charge in [-0.1, -0.05) is 6.07 Å². The molecule has 6 aromatic rings. The first-order chi connectivity index (χ1) is 19.5. The predicted octanol–water partition coefficient (Wildman–Crippen LogP) is 4.06. The fraction of sp³-hybridized carbons (Fsp3) is 0.103. The Morgan fingerprint density at radius 3 is 2.52 bits per heavy atom. The number of nitrogens with zero attached hydrogens (tertiary/aromatic N) is 7. The summed E-state index contributed by atoms with van der Waals surface area (Å²) in [6.07, 6.45) is 9.95. The maximum atomic E-state index is 12.2. The number of aromatic nitrogens is 7. The van der Waals surface area contributed by atoms with Crippen molar-refractivity contribution in [1.29, 1.82) is 0 Å². The van der Waals surface area contributed by atoms with E-state index in [1.54, 1.807) is 17.1 Å². The van der Waals surface area contributed by atoms with E-state index in [1.165, 1.54) is 29.8 Å². The van der Waals surface area contributed by atoms with Crippen LogP contribution in [0.3, 0.4) is 0 Å². The maximum Gasteiger partial charge on any atom is 0.248 e. The van der Waals surface area contributed by atoms with E-state index < -0.39 is 11.9 Å². The summed E-state index contributed by atoms with van der Waals surface area (Å²) in [5.41, 5.74) is 17.4. The second-order valence-corrected chi connectivity index (χ2v) is 9.21. The van der Waals surface area contributed by atoms with Gasteiger partial charge in [-0.05, 0) is 78.9 Å². The molecule has 10 nitrogen and oxygen atoms in total. The number of halogens is 1. The number of hydrogen-bond donors (Lipinski definition) is 2. The molecule has 0 unspecified atom stereocenters. The fourth-order valence-corrected chi connectivity index (χ4v) is 4.76. The Morgan fingerprint density at radius 2 is 1.77 bits per heavy atom. The van der Waals surface area contributed by atoms with E-state index in [4.69, 9.17) is 21.4 Å². The van der Waals surface area contributed by atoms with Gasteiger partial charge in [0.25, 0.3) is 0 Å². The number of hydrogen-bond acceptors (Lipinski definition) is 7. The Balaban J connectivity index is 0.000000246. The van der Waals surface area contributed by atoms with E-state index >= 15 is 0 Å². The van der Waals surface area contributed by atoms with Gasteiger partial charge in [0.2, 0.25) is 11.9 Å². The third kappa shape index (κ3) is 4.75. The molecular formula is C29H24FN9O. The van der Waals surface area contributed by atoms with Gasteiger partial charge in [-0.25, -0.2) is 24.6 Å². The summed E-state index contributed by atoms with van der Waals surface area (Å²) in [5, 5.41) is 4.32. The minimum absolute atomic E-state index is 0.132. The molecule has 5 heterocycles. The van der Waals surface area contributed by atoms with Crippen molar-refractivity contribution >= 4 is 22.9 Å². The molecule has 0 saturated carbocycles. The third-order valence-corrected chi connectivity index (χ3v) is 6.66. The van der Waals surface area contributed by atoms with Gasteiger partial charge in [0, 0.05) is 42.1 Å². The molecule has 1 aromatic carbocycles. The van der Waals surface area contributed by atoms with Crippen LogP contribution in [0.4, 0.5) is 10.2 Å². The molecule has 1 aliphatic carbocycles. The van der Waals surface area contributed by atoms with Crippen LogP contribution in [-0.2, 0) is 12.8 Å². The van der Waals surface area contributed by atoms with Crippen LogP contribution < -0.4 is 11.5 Å². The molecule has 0 aliphatic heterocycles.